The number of amides is 1. The first kappa shape index (κ1) is 21.6. The number of hydrogen-bond acceptors (Lipinski definition) is 8. The molecule has 0 bridgehead atoms. The molecule has 0 spiro atoms. The van der Waals surface area contributed by atoms with Gasteiger partial charge in [0.1, 0.15) is 5.69 Å². The number of piperazine rings is 1. The van der Waals surface area contributed by atoms with Gasteiger partial charge in [0.2, 0.25) is 5.88 Å². The van der Waals surface area contributed by atoms with E-state index in [1.807, 2.05) is 12.1 Å². The number of pyridine rings is 1. The molecule has 0 radical (unpaired) electrons. The predicted octanol–water partition coefficient (Wildman–Crippen LogP) is 2.59. The van der Waals surface area contributed by atoms with Crippen molar-refractivity contribution < 1.29 is 14.1 Å². The Labute approximate surface area is 196 Å². The van der Waals surface area contributed by atoms with E-state index in [1.54, 1.807) is 42.4 Å². The van der Waals surface area contributed by atoms with E-state index >= 15 is 0 Å². The Morgan fingerprint density at radius 2 is 2.09 bits per heavy atom. The lowest BCUT2D eigenvalue weighted by Gasteiger charge is -2.30. The van der Waals surface area contributed by atoms with Gasteiger partial charge in [-0.25, -0.2) is 4.98 Å². The highest BCUT2D eigenvalue weighted by Crippen LogP contribution is 2.33. The maximum Gasteiger partial charge on any atom is 0.275 e. The van der Waals surface area contributed by atoms with Crippen LogP contribution in [0, 0.1) is 0 Å². The summed E-state index contributed by atoms with van der Waals surface area (Å²) in [5.41, 5.74) is 1.81. The zero-order chi connectivity index (χ0) is 22.9. The maximum atomic E-state index is 12.9. The van der Waals surface area contributed by atoms with Crippen molar-refractivity contribution >= 4 is 50.2 Å². The Morgan fingerprint density at radius 1 is 1.27 bits per heavy atom. The summed E-state index contributed by atoms with van der Waals surface area (Å²) in [6, 6.07) is 7.18. The lowest BCUT2D eigenvalue weighted by Crippen LogP contribution is -2.43. The van der Waals surface area contributed by atoms with E-state index in [4.69, 9.17) is 0 Å². The molecule has 1 atom stereocenters. The SMILES string of the molecule is CS(=O)c1ccc2cn(-c3nc(C(=O)Nc4cnccc4N4CCNCC4)cs3)c(O)c2c1. The number of aromatic nitrogens is 3. The van der Waals surface area contributed by atoms with Gasteiger partial charge in [-0.2, -0.15) is 0 Å². The van der Waals surface area contributed by atoms with Crippen LogP contribution >= 0.6 is 11.3 Å². The summed E-state index contributed by atoms with van der Waals surface area (Å²) in [6.07, 6.45) is 6.70. The second-order valence-electron chi connectivity index (χ2n) is 7.63. The Balaban J connectivity index is 1.40. The number of benzene rings is 1. The van der Waals surface area contributed by atoms with E-state index < -0.39 is 10.8 Å². The maximum absolute atomic E-state index is 12.9. The van der Waals surface area contributed by atoms with Gasteiger partial charge in [-0.1, -0.05) is 6.07 Å². The largest absolute Gasteiger partial charge is 0.494 e. The van der Waals surface area contributed by atoms with Crippen molar-refractivity contribution in [1.82, 2.24) is 19.9 Å². The Hall–Kier alpha value is -3.28. The van der Waals surface area contributed by atoms with Gasteiger partial charge in [0.05, 0.1) is 17.6 Å². The summed E-state index contributed by atoms with van der Waals surface area (Å²) < 4.78 is 13.3. The number of thiazole rings is 1. The normalized spacial score (nSPS) is 15.0. The molecule has 0 saturated carbocycles. The van der Waals surface area contributed by atoms with Gasteiger partial charge in [0.25, 0.3) is 5.91 Å². The highest BCUT2D eigenvalue weighted by molar-refractivity contribution is 7.84. The first-order valence-corrected chi connectivity index (χ1v) is 12.8. The van der Waals surface area contributed by atoms with E-state index in [0.717, 1.165) is 37.3 Å². The number of carbonyl (C=O) groups is 1. The van der Waals surface area contributed by atoms with E-state index in [2.05, 4.69) is 25.5 Å². The van der Waals surface area contributed by atoms with Gasteiger partial charge in [0.15, 0.2) is 5.13 Å². The van der Waals surface area contributed by atoms with Crippen LogP contribution in [-0.2, 0) is 10.8 Å². The molecule has 1 fully saturated rings. The monoisotopic (exact) mass is 482 g/mol. The van der Waals surface area contributed by atoms with Crippen LogP contribution in [0.1, 0.15) is 10.5 Å². The fraction of sp³-hybridized carbons (Fsp3) is 0.227. The minimum absolute atomic E-state index is 0.00754. The molecule has 3 aromatic heterocycles. The average Bonchev–Trinajstić information content (AvgIpc) is 3.45. The molecule has 170 valence electrons. The fourth-order valence-electron chi connectivity index (χ4n) is 3.83. The number of aromatic hydroxyl groups is 1. The molecule has 9 nitrogen and oxygen atoms in total. The molecule has 1 aliphatic rings. The Bertz CT molecular complexity index is 1360. The second kappa shape index (κ2) is 8.93. The quantitative estimate of drug-likeness (QED) is 0.401. The van der Waals surface area contributed by atoms with E-state index in [1.165, 1.54) is 15.9 Å². The molecule has 1 unspecified atom stereocenters. The molecule has 3 N–H and O–H groups in total. The highest BCUT2D eigenvalue weighted by atomic mass is 32.2. The van der Waals surface area contributed by atoms with Crippen LogP contribution < -0.4 is 15.5 Å². The number of carbonyl (C=O) groups excluding carboxylic acids is 1. The van der Waals surface area contributed by atoms with Gasteiger partial charge in [0, 0.05) is 76.7 Å². The van der Waals surface area contributed by atoms with Crippen LogP contribution in [0.5, 0.6) is 5.88 Å². The molecule has 4 aromatic rings. The molecule has 33 heavy (non-hydrogen) atoms. The predicted molar refractivity (Wildman–Crippen MR) is 130 cm³/mol. The van der Waals surface area contributed by atoms with Gasteiger partial charge >= 0.3 is 0 Å². The molecule has 1 aliphatic heterocycles. The third kappa shape index (κ3) is 4.22. The minimum atomic E-state index is -1.15. The van der Waals surface area contributed by atoms with Crippen molar-refractivity contribution in [2.24, 2.45) is 0 Å². The van der Waals surface area contributed by atoms with Crippen LogP contribution in [0.2, 0.25) is 0 Å². The number of nitrogens with zero attached hydrogens (tertiary/aromatic N) is 4. The lowest BCUT2D eigenvalue weighted by atomic mass is 10.2. The Morgan fingerprint density at radius 3 is 2.88 bits per heavy atom. The topological polar surface area (TPSA) is 112 Å². The smallest absolute Gasteiger partial charge is 0.275 e. The highest BCUT2D eigenvalue weighted by Gasteiger charge is 2.19. The molecular formula is C22H22N6O3S2. The van der Waals surface area contributed by atoms with Crippen molar-refractivity contribution in [3.8, 4) is 11.0 Å². The first-order chi connectivity index (χ1) is 16.0. The number of hydrogen-bond donors (Lipinski definition) is 3. The van der Waals surface area contributed by atoms with Crippen LogP contribution in [0.25, 0.3) is 15.9 Å². The van der Waals surface area contributed by atoms with Crippen molar-refractivity contribution in [2.45, 2.75) is 4.90 Å². The molecule has 1 amide bonds. The third-order valence-corrected chi connectivity index (χ3v) is 7.29. The van der Waals surface area contributed by atoms with Crippen molar-refractivity contribution in [3.05, 3.63) is 53.9 Å². The first-order valence-electron chi connectivity index (χ1n) is 10.4. The average molecular weight is 483 g/mol. The Kier molecular flexibility index (Phi) is 5.83. The zero-order valence-corrected chi connectivity index (χ0v) is 19.4. The van der Waals surface area contributed by atoms with Gasteiger partial charge < -0.3 is 20.6 Å². The summed E-state index contributed by atoms with van der Waals surface area (Å²) in [5, 5.41) is 20.5. The van der Waals surface area contributed by atoms with Crippen LogP contribution in [-0.4, -0.2) is 62.2 Å². The summed E-state index contributed by atoms with van der Waals surface area (Å²) in [7, 11) is -1.15. The molecule has 1 aromatic carbocycles. The standard InChI is InChI=1S/C22H22N6O3S2/c1-33(31)15-3-2-14-12-28(21(30)16(14)10-15)22-26-18(13-32-22)20(29)25-17-11-24-5-4-19(17)27-8-6-23-7-9-27/h2-5,10-13,23,30H,6-9H2,1H3,(H,25,29). The number of nitrogens with one attached hydrogen (secondary N) is 2. The van der Waals surface area contributed by atoms with Gasteiger partial charge in [-0.3, -0.25) is 18.6 Å². The summed E-state index contributed by atoms with van der Waals surface area (Å²) in [4.78, 5) is 24.4. The number of fused-ring (bicyclic) bond motifs is 1. The third-order valence-electron chi connectivity index (χ3n) is 5.53. The number of anilines is 2. The van der Waals surface area contributed by atoms with E-state index in [9.17, 15) is 14.1 Å². The van der Waals surface area contributed by atoms with E-state index in [-0.39, 0.29) is 17.5 Å². The fourth-order valence-corrected chi connectivity index (χ4v) is 5.15. The molecule has 0 aliphatic carbocycles. The van der Waals surface area contributed by atoms with Gasteiger partial charge in [-0.15, -0.1) is 11.3 Å². The summed E-state index contributed by atoms with van der Waals surface area (Å²) >= 11 is 1.25. The molecule has 11 heteroatoms. The zero-order valence-electron chi connectivity index (χ0n) is 17.8. The van der Waals surface area contributed by atoms with Crippen LogP contribution in [0.15, 0.2) is 53.1 Å². The molecule has 1 saturated heterocycles. The summed E-state index contributed by atoms with van der Waals surface area (Å²) in [5.74, 6) is -0.353. The van der Waals surface area contributed by atoms with Crippen molar-refractivity contribution in [3.63, 3.8) is 0 Å². The van der Waals surface area contributed by atoms with Crippen LogP contribution in [0.4, 0.5) is 11.4 Å². The van der Waals surface area contributed by atoms with E-state index in [0.29, 0.717) is 21.1 Å². The number of rotatable bonds is 5. The minimum Gasteiger partial charge on any atom is -0.494 e. The van der Waals surface area contributed by atoms with Crippen molar-refractivity contribution in [1.29, 1.82) is 0 Å². The molecular weight excluding hydrogens is 460 g/mol. The van der Waals surface area contributed by atoms with Gasteiger partial charge in [-0.05, 0) is 18.2 Å². The van der Waals surface area contributed by atoms with Crippen molar-refractivity contribution in [2.75, 3.05) is 42.7 Å². The molecule has 4 heterocycles. The second-order valence-corrected chi connectivity index (χ2v) is 9.84. The lowest BCUT2D eigenvalue weighted by molar-refractivity contribution is 0.102. The summed E-state index contributed by atoms with van der Waals surface area (Å²) in [6.45, 7) is 3.47. The molecule has 5 rings (SSSR count). The van der Waals surface area contributed by atoms with Crippen LogP contribution in [0.3, 0.4) is 0 Å².